The highest BCUT2D eigenvalue weighted by molar-refractivity contribution is 5.85. The molecule has 0 bridgehead atoms. The molecule has 0 saturated heterocycles. The van der Waals surface area contributed by atoms with Gasteiger partial charge in [-0.15, -0.1) is 0 Å². The van der Waals surface area contributed by atoms with Crippen LogP contribution in [0.15, 0.2) is 55.1 Å². The van der Waals surface area contributed by atoms with Crippen LogP contribution in [-0.4, -0.2) is 17.1 Å². The lowest BCUT2D eigenvalue weighted by atomic mass is 10.1. The second kappa shape index (κ2) is 5.41. The maximum atomic E-state index is 5.22. The number of hydrogen-bond acceptors (Lipinski definition) is 3. The number of fused-ring (bicyclic) bond motifs is 1. The van der Waals surface area contributed by atoms with Crippen molar-refractivity contribution in [2.24, 2.45) is 0 Å². The minimum atomic E-state index is 0.808. The monoisotopic (exact) mass is 260 g/mol. The van der Waals surface area contributed by atoms with Crippen LogP contribution in [0.4, 0.5) is 0 Å². The topological polar surface area (TPSA) is 35.0 Å². The molecule has 3 rings (SSSR count). The summed E-state index contributed by atoms with van der Waals surface area (Å²) in [5.41, 5.74) is 1.77. The van der Waals surface area contributed by atoms with Crippen molar-refractivity contribution in [3.8, 4) is 17.6 Å². The molecule has 0 saturated carbocycles. The number of benzene rings is 2. The Morgan fingerprint density at radius 1 is 0.850 bits per heavy atom. The van der Waals surface area contributed by atoms with E-state index in [2.05, 4.69) is 27.9 Å². The summed E-state index contributed by atoms with van der Waals surface area (Å²) >= 11 is 0. The average molecular weight is 260 g/mol. The Balaban J connectivity index is 1.96. The van der Waals surface area contributed by atoms with Gasteiger partial charge in [-0.1, -0.05) is 24.0 Å². The summed E-state index contributed by atoms with van der Waals surface area (Å²) in [5.74, 6) is 7.03. The molecule has 0 fully saturated rings. The molecule has 0 N–H and O–H groups in total. The zero-order valence-corrected chi connectivity index (χ0v) is 11.0. The van der Waals surface area contributed by atoms with Gasteiger partial charge in [0.15, 0.2) is 0 Å². The number of rotatable bonds is 1. The maximum absolute atomic E-state index is 5.22. The Kier molecular flexibility index (Phi) is 3.30. The van der Waals surface area contributed by atoms with Gasteiger partial charge in [-0.05, 0) is 35.0 Å². The first-order valence-corrected chi connectivity index (χ1v) is 6.20. The van der Waals surface area contributed by atoms with Gasteiger partial charge in [-0.2, -0.15) is 0 Å². The van der Waals surface area contributed by atoms with Crippen LogP contribution in [0.1, 0.15) is 11.1 Å². The molecule has 0 aliphatic carbocycles. The number of methoxy groups -OCH3 is 1. The standard InChI is InChI=1S/C17H12N2O/c1-20-17-7-6-15-8-13(4-5-16(15)9-17)2-3-14-10-18-12-19-11-14/h4-12H,1H3. The maximum Gasteiger partial charge on any atom is 0.119 e. The minimum absolute atomic E-state index is 0.808. The highest BCUT2D eigenvalue weighted by atomic mass is 16.5. The summed E-state index contributed by atoms with van der Waals surface area (Å²) < 4.78 is 5.22. The summed E-state index contributed by atoms with van der Waals surface area (Å²) in [7, 11) is 1.67. The summed E-state index contributed by atoms with van der Waals surface area (Å²) in [6.45, 7) is 0. The third-order valence-corrected chi connectivity index (χ3v) is 2.96. The molecule has 20 heavy (non-hydrogen) atoms. The van der Waals surface area contributed by atoms with Gasteiger partial charge in [-0.3, -0.25) is 0 Å². The third kappa shape index (κ3) is 2.60. The van der Waals surface area contributed by atoms with Crippen molar-refractivity contribution < 1.29 is 4.74 Å². The van der Waals surface area contributed by atoms with Gasteiger partial charge >= 0.3 is 0 Å². The SMILES string of the molecule is COc1ccc2cc(C#Cc3cncnc3)ccc2c1. The molecule has 0 amide bonds. The van der Waals surface area contributed by atoms with Crippen molar-refractivity contribution in [3.63, 3.8) is 0 Å². The van der Waals surface area contributed by atoms with E-state index in [1.807, 2.05) is 30.3 Å². The zero-order valence-electron chi connectivity index (χ0n) is 11.0. The number of aromatic nitrogens is 2. The van der Waals surface area contributed by atoms with Crippen LogP contribution in [0.5, 0.6) is 5.75 Å². The Hall–Kier alpha value is -2.86. The van der Waals surface area contributed by atoms with Crippen molar-refractivity contribution in [1.29, 1.82) is 0 Å². The third-order valence-electron chi connectivity index (χ3n) is 2.96. The van der Waals surface area contributed by atoms with E-state index >= 15 is 0 Å². The molecule has 0 atom stereocenters. The van der Waals surface area contributed by atoms with Crippen LogP contribution < -0.4 is 4.74 Å². The van der Waals surface area contributed by atoms with Gasteiger partial charge in [0.05, 0.1) is 12.7 Å². The first-order valence-electron chi connectivity index (χ1n) is 6.20. The van der Waals surface area contributed by atoms with Crippen LogP contribution in [0.25, 0.3) is 10.8 Å². The van der Waals surface area contributed by atoms with Crippen LogP contribution in [0.2, 0.25) is 0 Å². The van der Waals surface area contributed by atoms with E-state index in [0.717, 1.165) is 27.6 Å². The summed E-state index contributed by atoms with van der Waals surface area (Å²) in [5, 5.41) is 2.28. The molecule has 2 aromatic carbocycles. The molecular formula is C17H12N2O. The average Bonchev–Trinajstić information content (AvgIpc) is 2.53. The van der Waals surface area contributed by atoms with E-state index in [9.17, 15) is 0 Å². The molecule has 3 nitrogen and oxygen atoms in total. The second-order valence-corrected chi connectivity index (χ2v) is 4.31. The van der Waals surface area contributed by atoms with Crippen molar-refractivity contribution in [2.75, 3.05) is 7.11 Å². The highest BCUT2D eigenvalue weighted by Crippen LogP contribution is 2.21. The lowest BCUT2D eigenvalue weighted by Gasteiger charge is -2.02. The van der Waals surface area contributed by atoms with Crippen LogP contribution in [-0.2, 0) is 0 Å². The van der Waals surface area contributed by atoms with Crippen molar-refractivity contribution >= 4 is 10.8 Å². The molecule has 1 aromatic heterocycles. The van der Waals surface area contributed by atoms with E-state index in [1.165, 1.54) is 6.33 Å². The summed E-state index contributed by atoms with van der Waals surface area (Å²) in [6.07, 6.45) is 4.90. The van der Waals surface area contributed by atoms with E-state index in [-0.39, 0.29) is 0 Å². The van der Waals surface area contributed by atoms with Crippen molar-refractivity contribution in [1.82, 2.24) is 9.97 Å². The smallest absolute Gasteiger partial charge is 0.119 e. The summed E-state index contributed by atoms with van der Waals surface area (Å²) in [6, 6.07) is 12.1. The predicted octanol–water partition coefficient (Wildman–Crippen LogP) is 3.04. The molecule has 0 aliphatic rings. The molecule has 3 heteroatoms. The van der Waals surface area contributed by atoms with Gasteiger partial charge in [0.1, 0.15) is 12.1 Å². The fraction of sp³-hybridized carbons (Fsp3) is 0.0588. The van der Waals surface area contributed by atoms with Gasteiger partial charge in [0, 0.05) is 18.0 Å². The Morgan fingerprint density at radius 3 is 2.35 bits per heavy atom. The Bertz CT molecular complexity index is 801. The van der Waals surface area contributed by atoms with Gasteiger partial charge in [0.25, 0.3) is 0 Å². The van der Waals surface area contributed by atoms with Crippen molar-refractivity contribution in [2.45, 2.75) is 0 Å². The van der Waals surface area contributed by atoms with E-state index in [4.69, 9.17) is 4.74 Å². The number of hydrogen-bond donors (Lipinski definition) is 0. The van der Waals surface area contributed by atoms with Crippen LogP contribution in [0.3, 0.4) is 0 Å². The Labute approximate surface area is 117 Å². The van der Waals surface area contributed by atoms with Gasteiger partial charge < -0.3 is 4.74 Å². The molecule has 0 aliphatic heterocycles. The highest BCUT2D eigenvalue weighted by Gasteiger charge is 1.97. The molecular weight excluding hydrogens is 248 g/mol. The lowest BCUT2D eigenvalue weighted by Crippen LogP contribution is -1.83. The molecule has 0 unspecified atom stereocenters. The van der Waals surface area contributed by atoms with Crippen molar-refractivity contribution in [3.05, 3.63) is 66.2 Å². The van der Waals surface area contributed by atoms with E-state index in [1.54, 1.807) is 19.5 Å². The zero-order chi connectivity index (χ0) is 13.8. The molecule has 96 valence electrons. The fourth-order valence-corrected chi connectivity index (χ4v) is 1.94. The molecule has 3 aromatic rings. The number of ether oxygens (including phenoxy) is 1. The fourth-order valence-electron chi connectivity index (χ4n) is 1.94. The van der Waals surface area contributed by atoms with E-state index in [0.29, 0.717) is 0 Å². The molecule has 0 radical (unpaired) electrons. The van der Waals surface area contributed by atoms with Crippen LogP contribution in [0, 0.1) is 11.8 Å². The summed E-state index contributed by atoms with van der Waals surface area (Å²) in [4.78, 5) is 7.88. The first kappa shape index (κ1) is 12.2. The lowest BCUT2D eigenvalue weighted by molar-refractivity contribution is 0.415. The van der Waals surface area contributed by atoms with Gasteiger partial charge in [0.2, 0.25) is 0 Å². The molecule has 1 heterocycles. The number of nitrogens with zero attached hydrogens (tertiary/aromatic N) is 2. The second-order valence-electron chi connectivity index (χ2n) is 4.31. The van der Waals surface area contributed by atoms with Crippen LogP contribution >= 0.6 is 0 Å². The minimum Gasteiger partial charge on any atom is -0.497 e. The van der Waals surface area contributed by atoms with E-state index < -0.39 is 0 Å². The molecule has 0 spiro atoms. The quantitative estimate of drug-likeness (QED) is 0.631. The normalized spacial score (nSPS) is 9.85. The largest absolute Gasteiger partial charge is 0.497 e. The predicted molar refractivity (Wildman–Crippen MR) is 78.5 cm³/mol. The Morgan fingerprint density at radius 2 is 1.55 bits per heavy atom. The first-order chi connectivity index (χ1) is 9.85. The van der Waals surface area contributed by atoms with Gasteiger partial charge in [-0.25, -0.2) is 9.97 Å².